The predicted molar refractivity (Wildman–Crippen MR) is 60.5 cm³/mol. The largest absolute Gasteiger partial charge is 0.394 e. The fourth-order valence-corrected chi connectivity index (χ4v) is 2.36. The van der Waals surface area contributed by atoms with E-state index in [1.807, 2.05) is 10.8 Å². The zero-order valence-corrected chi connectivity index (χ0v) is 9.81. The van der Waals surface area contributed by atoms with Gasteiger partial charge in [-0.2, -0.15) is 4.98 Å². The van der Waals surface area contributed by atoms with E-state index < -0.39 is 0 Å². The van der Waals surface area contributed by atoms with Gasteiger partial charge >= 0.3 is 0 Å². The Morgan fingerprint density at radius 3 is 3.12 bits per heavy atom. The summed E-state index contributed by atoms with van der Waals surface area (Å²) in [7, 11) is 0. The van der Waals surface area contributed by atoms with E-state index in [0.29, 0.717) is 5.16 Å². The highest BCUT2D eigenvalue weighted by Crippen LogP contribution is 2.29. The van der Waals surface area contributed by atoms with Crippen LogP contribution in [-0.4, -0.2) is 33.6 Å². The molecule has 6 heteroatoms. The summed E-state index contributed by atoms with van der Waals surface area (Å²) in [6.45, 7) is 0.0404. The molecule has 0 amide bonds. The molecule has 1 saturated heterocycles. The van der Waals surface area contributed by atoms with Crippen LogP contribution in [0.1, 0.15) is 19.1 Å². The molecule has 1 N–H and O–H groups in total. The first-order valence-corrected chi connectivity index (χ1v) is 6.36. The van der Waals surface area contributed by atoms with E-state index in [-0.39, 0.29) is 24.5 Å². The highest BCUT2D eigenvalue weighted by molar-refractivity contribution is 7.98. The number of thioether (sulfide) groups is 1. The number of aliphatic hydroxyl groups excluding tert-OH is 1. The zero-order chi connectivity index (χ0) is 11.5. The Hall–Kier alpha value is -0.850. The normalized spacial score (nSPS) is 24.9. The molecule has 1 aliphatic rings. The molecule has 0 aliphatic carbocycles. The number of ether oxygens (including phenoxy) is 1. The van der Waals surface area contributed by atoms with Gasteiger partial charge in [0.2, 0.25) is 0 Å². The Morgan fingerprint density at radius 2 is 2.50 bits per heavy atom. The molecule has 0 bridgehead atoms. The van der Waals surface area contributed by atoms with Gasteiger partial charge in [-0.15, -0.1) is 0 Å². The van der Waals surface area contributed by atoms with Crippen molar-refractivity contribution in [3.05, 3.63) is 22.6 Å². The van der Waals surface area contributed by atoms with Crippen molar-refractivity contribution >= 4 is 11.8 Å². The second-order valence-corrected chi connectivity index (χ2v) is 4.41. The number of nitrogens with zero attached hydrogens (tertiary/aromatic N) is 2. The Labute approximate surface area is 97.5 Å². The molecule has 2 rings (SSSR count). The molecule has 1 fully saturated rings. The van der Waals surface area contributed by atoms with E-state index in [1.54, 1.807) is 6.20 Å². The lowest BCUT2D eigenvalue weighted by Gasteiger charge is -2.17. The molecular formula is C10H14N2O3S. The van der Waals surface area contributed by atoms with E-state index in [4.69, 9.17) is 9.84 Å². The van der Waals surface area contributed by atoms with Gasteiger partial charge in [0.15, 0.2) is 5.16 Å². The lowest BCUT2D eigenvalue weighted by atomic mass is 10.2. The number of hydrogen-bond donors (Lipinski definition) is 1. The van der Waals surface area contributed by atoms with Crippen LogP contribution in [0.3, 0.4) is 0 Å². The van der Waals surface area contributed by atoms with Crippen molar-refractivity contribution in [2.75, 3.05) is 12.9 Å². The third kappa shape index (κ3) is 2.28. The van der Waals surface area contributed by atoms with Gasteiger partial charge in [-0.05, 0) is 19.1 Å². The number of rotatable bonds is 3. The van der Waals surface area contributed by atoms with Crippen LogP contribution in [0.15, 0.2) is 22.2 Å². The molecule has 2 heterocycles. The van der Waals surface area contributed by atoms with Crippen molar-refractivity contribution < 1.29 is 9.84 Å². The Morgan fingerprint density at radius 1 is 1.69 bits per heavy atom. The quantitative estimate of drug-likeness (QED) is 0.622. The number of hydrogen-bond acceptors (Lipinski definition) is 5. The predicted octanol–water partition coefficient (Wildman–Crippen LogP) is 0.635. The van der Waals surface area contributed by atoms with E-state index in [1.165, 1.54) is 17.8 Å². The van der Waals surface area contributed by atoms with Crippen molar-refractivity contribution in [1.29, 1.82) is 0 Å². The first-order chi connectivity index (χ1) is 7.74. The van der Waals surface area contributed by atoms with Crippen LogP contribution in [0.2, 0.25) is 0 Å². The maximum Gasteiger partial charge on any atom is 0.273 e. The summed E-state index contributed by atoms with van der Waals surface area (Å²) in [6.07, 6.45) is 5.03. The Bertz CT molecular complexity index is 421. The molecule has 2 unspecified atom stereocenters. The molecule has 1 aromatic rings. The molecular weight excluding hydrogens is 228 g/mol. The fraction of sp³-hybridized carbons (Fsp3) is 0.600. The van der Waals surface area contributed by atoms with Crippen LogP contribution < -0.4 is 5.56 Å². The van der Waals surface area contributed by atoms with Crippen LogP contribution in [-0.2, 0) is 4.74 Å². The second kappa shape index (κ2) is 4.99. The first-order valence-electron chi connectivity index (χ1n) is 5.14. The van der Waals surface area contributed by atoms with Crippen LogP contribution in [0.4, 0.5) is 0 Å². The number of aliphatic hydroxyl groups is 1. The molecule has 2 atom stereocenters. The van der Waals surface area contributed by atoms with Crippen molar-refractivity contribution in [1.82, 2.24) is 9.55 Å². The van der Waals surface area contributed by atoms with Crippen molar-refractivity contribution in [3.8, 4) is 0 Å². The lowest BCUT2D eigenvalue weighted by Crippen LogP contribution is -2.19. The SMILES string of the molecule is CSc1nc(=O)ccn1C1CCC(CO)O1. The van der Waals surface area contributed by atoms with E-state index in [9.17, 15) is 4.79 Å². The summed E-state index contributed by atoms with van der Waals surface area (Å²) >= 11 is 1.41. The second-order valence-electron chi connectivity index (χ2n) is 3.63. The monoisotopic (exact) mass is 242 g/mol. The summed E-state index contributed by atoms with van der Waals surface area (Å²) in [5, 5.41) is 9.65. The van der Waals surface area contributed by atoms with Gasteiger partial charge in [0.25, 0.3) is 5.56 Å². The average molecular weight is 242 g/mol. The molecule has 1 aromatic heterocycles. The Balaban J connectivity index is 2.24. The lowest BCUT2D eigenvalue weighted by molar-refractivity contribution is -0.0272. The minimum absolute atomic E-state index is 0.0404. The smallest absolute Gasteiger partial charge is 0.273 e. The molecule has 88 valence electrons. The Kier molecular flexibility index (Phi) is 3.63. The summed E-state index contributed by atoms with van der Waals surface area (Å²) in [5.41, 5.74) is -0.239. The molecule has 1 aliphatic heterocycles. The van der Waals surface area contributed by atoms with E-state index in [0.717, 1.165) is 12.8 Å². The van der Waals surface area contributed by atoms with Gasteiger partial charge in [0.05, 0.1) is 12.7 Å². The third-order valence-electron chi connectivity index (χ3n) is 2.59. The van der Waals surface area contributed by atoms with Gasteiger partial charge < -0.3 is 14.4 Å². The summed E-state index contributed by atoms with van der Waals surface area (Å²) < 4.78 is 7.49. The van der Waals surface area contributed by atoms with E-state index >= 15 is 0 Å². The molecule has 0 aromatic carbocycles. The zero-order valence-electron chi connectivity index (χ0n) is 9.00. The number of aromatic nitrogens is 2. The van der Waals surface area contributed by atoms with Gasteiger partial charge in [0, 0.05) is 12.3 Å². The maximum atomic E-state index is 11.1. The van der Waals surface area contributed by atoms with Gasteiger partial charge in [-0.25, -0.2) is 0 Å². The standard InChI is InChI=1S/C10H14N2O3S/c1-16-10-11-8(14)4-5-12(10)9-3-2-7(6-13)15-9/h4-5,7,9,13H,2-3,6H2,1H3. The molecule has 0 radical (unpaired) electrons. The van der Waals surface area contributed by atoms with Crippen molar-refractivity contribution in [3.63, 3.8) is 0 Å². The summed E-state index contributed by atoms with van der Waals surface area (Å²) in [4.78, 5) is 15.0. The third-order valence-corrected chi connectivity index (χ3v) is 3.25. The topological polar surface area (TPSA) is 64.4 Å². The van der Waals surface area contributed by atoms with Crippen LogP contribution in [0, 0.1) is 0 Å². The highest BCUT2D eigenvalue weighted by Gasteiger charge is 2.26. The fourth-order valence-electron chi connectivity index (χ4n) is 1.79. The minimum atomic E-state index is -0.239. The van der Waals surface area contributed by atoms with Crippen LogP contribution in [0.5, 0.6) is 0 Å². The van der Waals surface area contributed by atoms with Crippen LogP contribution in [0.25, 0.3) is 0 Å². The first kappa shape index (κ1) is 11.6. The minimum Gasteiger partial charge on any atom is -0.394 e. The van der Waals surface area contributed by atoms with Gasteiger partial charge in [-0.3, -0.25) is 4.79 Å². The van der Waals surface area contributed by atoms with Gasteiger partial charge in [0.1, 0.15) is 6.23 Å². The molecule has 5 nitrogen and oxygen atoms in total. The molecule has 0 spiro atoms. The van der Waals surface area contributed by atoms with Crippen LogP contribution >= 0.6 is 11.8 Å². The van der Waals surface area contributed by atoms with Crippen molar-refractivity contribution in [2.24, 2.45) is 0 Å². The maximum absolute atomic E-state index is 11.1. The molecule has 0 saturated carbocycles. The van der Waals surface area contributed by atoms with E-state index in [2.05, 4.69) is 4.98 Å². The molecule has 16 heavy (non-hydrogen) atoms. The summed E-state index contributed by atoms with van der Waals surface area (Å²) in [6, 6.07) is 1.43. The summed E-state index contributed by atoms with van der Waals surface area (Å²) in [5.74, 6) is 0. The average Bonchev–Trinajstić information content (AvgIpc) is 2.77. The highest BCUT2D eigenvalue weighted by atomic mass is 32.2. The van der Waals surface area contributed by atoms with Gasteiger partial charge in [-0.1, -0.05) is 11.8 Å². The van der Waals surface area contributed by atoms with Crippen molar-refractivity contribution in [2.45, 2.75) is 30.3 Å².